The van der Waals surface area contributed by atoms with E-state index in [1.807, 2.05) is 6.07 Å². The third kappa shape index (κ3) is 5.51. The van der Waals surface area contributed by atoms with Crippen LogP contribution in [0.2, 0.25) is 10.0 Å². The number of hydrogen-bond acceptors (Lipinski definition) is 3. The van der Waals surface area contributed by atoms with Crippen LogP contribution in [0.1, 0.15) is 24.4 Å². The fraction of sp³-hybridized carbons (Fsp3) is 0.368. The Morgan fingerprint density at radius 3 is 2.52 bits per heavy atom. The van der Waals surface area contributed by atoms with Crippen LogP contribution in [0.5, 0.6) is 11.5 Å². The Hall–Kier alpha value is -1.47. The Labute approximate surface area is 165 Å². The van der Waals surface area contributed by atoms with Crippen molar-refractivity contribution in [3.8, 4) is 11.5 Å². The molecule has 27 heavy (non-hydrogen) atoms. The zero-order valence-electron chi connectivity index (χ0n) is 14.1. The molecule has 2 atom stereocenters. The smallest absolute Gasteiger partial charge is 0.415 e. The van der Waals surface area contributed by atoms with Crippen LogP contribution in [-0.4, -0.2) is 23.9 Å². The van der Waals surface area contributed by atoms with Crippen molar-refractivity contribution in [2.75, 3.05) is 6.54 Å². The summed E-state index contributed by atoms with van der Waals surface area (Å²) in [5.74, 6) is 1.18. The fourth-order valence-electron chi connectivity index (χ4n) is 2.80. The van der Waals surface area contributed by atoms with Crippen molar-refractivity contribution in [3.63, 3.8) is 0 Å². The number of alkyl halides is 3. The number of rotatable bonds is 7. The van der Waals surface area contributed by atoms with Crippen molar-refractivity contribution in [3.05, 3.63) is 58.1 Å². The van der Waals surface area contributed by atoms with Gasteiger partial charge < -0.3 is 15.2 Å². The van der Waals surface area contributed by atoms with E-state index in [1.165, 1.54) is 0 Å². The molecular formula is C19H18Cl2F3NO2. The number of aliphatic hydroxyl groups excluding tert-OH is 1. The molecule has 2 aromatic rings. The number of hydrogen-bond donors (Lipinski definition) is 2. The van der Waals surface area contributed by atoms with Crippen LogP contribution in [0, 0.1) is 5.92 Å². The van der Waals surface area contributed by atoms with E-state index < -0.39 is 18.8 Å². The molecule has 2 aromatic carbocycles. The van der Waals surface area contributed by atoms with Crippen LogP contribution in [-0.2, 0) is 0 Å². The first-order valence-electron chi connectivity index (χ1n) is 8.45. The zero-order chi connectivity index (χ0) is 19.6. The van der Waals surface area contributed by atoms with Gasteiger partial charge in [-0.05, 0) is 54.7 Å². The quantitative estimate of drug-likeness (QED) is 0.600. The Balaban J connectivity index is 1.74. The highest BCUT2D eigenvalue weighted by atomic mass is 35.5. The molecule has 0 spiro atoms. The van der Waals surface area contributed by atoms with Gasteiger partial charge in [-0.3, -0.25) is 0 Å². The lowest BCUT2D eigenvalue weighted by Crippen LogP contribution is -2.40. The van der Waals surface area contributed by atoms with Gasteiger partial charge in [0.15, 0.2) is 6.10 Å². The number of nitrogens with one attached hydrogen (secondary N) is 1. The lowest BCUT2D eigenvalue weighted by molar-refractivity contribution is -0.202. The first-order valence-corrected chi connectivity index (χ1v) is 9.20. The molecule has 1 fully saturated rings. The molecule has 1 aliphatic carbocycles. The predicted molar refractivity (Wildman–Crippen MR) is 98.5 cm³/mol. The lowest BCUT2D eigenvalue weighted by atomic mass is 10.0. The van der Waals surface area contributed by atoms with Crippen LogP contribution >= 0.6 is 23.2 Å². The van der Waals surface area contributed by atoms with Gasteiger partial charge in [0.25, 0.3) is 0 Å². The van der Waals surface area contributed by atoms with E-state index in [0.29, 0.717) is 21.5 Å². The van der Waals surface area contributed by atoms with Crippen LogP contribution < -0.4 is 10.1 Å². The minimum absolute atomic E-state index is 0.236. The molecule has 1 aliphatic rings. The Bertz CT molecular complexity index is 797. The molecule has 8 heteroatoms. The summed E-state index contributed by atoms with van der Waals surface area (Å²) in [4.78, 5) is 0. The number of ether oxygens (including phenoxy) is 1. The predicted octanol–water partition coefficient (Wildman–Crippen LogP) is 5.75. The second kappa shape index (κ2) is 8.27. The zero-order valence-corrected chi connectivity index (χ0v) is 15.7. The molecule has 0 saturated heterocycles. The summed E-state index contributed by atoms with van der Waals surface area (Å²) < 4.78 is 43.5. The third-order valence-corrected chi connectivity index (χ3v) is 4.87. The van der Waals surface area contributed by atoms with Crippen molar-refractivity contribution in [1.29, 1.82) is 0 Å². The molecule has 0 amide bonds. The van der Waals surface area contributed by atoms with Crippen molar-refractivity contribution in [2.45, 2.75) is 31.2 Å². The molecule has 0 radical (unpaired) electrons. The molecular weight excluding hydrogens is 402 g/mol. The van der Waals surface area contributed by atoms with E-state index >= 15 is 0 Å². The summed E-state index contributed by atoms with van der Waals surface area (Å²) in [5, 5.41) is 12.9. The van der Waals surface area contributed by atoms with Crippen LogP contribution in [0.25, 0.3) is 0 Å². The Kier molecular flexibility index (Phi) is 6.21. The minimum Gasteiger partial charge on any atom is -0.456 e. The maximum absolute atomic E-state index is 12.6. The number of aliphatic hydroxyl groups is 1. The third-order valence-electron chi connectivity index (χ3n) is 4.34. The Morgan fingerprint density at radius 1 is 1.15 bits per heavy atom. The average Bonchev–Trinajstić information content (AvgIpc) is 3.42. The second-order valence-corrected chi connectivity index (χ2v) is 7.37. The molecule has 146 valence electrons. The maximum atomic E-state index is 12.6. The molecule has 0 bridgehead atoms. The molecule has 0 aromatic heterocycles. The van der Waals surface area contributed by atoms with Crippen molar-refractivity contribution < 1.29 is 23.0 Å². The summed E-state index contributed by atoms with van der Waals surface area (Å²) >= 11 is 12.0. The molecule has 0 aliphatic heterocycles. The second-order valence-electron chi connectivity index (χ2n) is 6.53. The van der Waals surface area contributed by atoms with Crippen LogP contribution in [0.15, 0.2) is 42.5 Å². The maximum Gasteiger partial charge on any atom is 0.415 e. The van der Waals surface area contributed by atoms with E-state index in [2.05, 4.69) is 5.32 Å². The van der Waals surface area contributed by atoms with Crippen molar-refractivity contribution >= 4 is 23.2 Å². The van der Waals surface area contributed by atoms with Gasteiger partial charge in [0.2, 0.25) is 0 Å². The molecule has 2 unspecified atom stereocenters. The van der Waals surface area contributed by atoms with E-state index in [-0.39, 0.29) is 12.0 Å². The minimum atomic E-state index is -4.64. The van der Waals surface area contributed by atoms with Gasteiger partial charge in [-0.1, -0.05) is 35.3 Å². The van der Waals surface area contributed by atoms with Gasteiger partial charge in [-0.25, -0.2) is 0 Å². The molecule has 3 nitrogen and oxygen atoms in total. The van der Waals surface area contributed by atoms with Gasteiger partial charge in [0.05, 0.1) is 5.02 Å². The summed E-state index contributed by atoms with van der Waals surface area (Å²) in [7, 11) is 0. The highest BCUT2D eigenvalue weighted by molar-refractivity contribution is 6.35. The molecule has 3 rings (SSSR count). The van der Waals surface area contributed by atoms with E-state index in [4.69, 9.17) is 27.9 Å². The van der Waals surface area contributed by atoms with E-state index in [9.17, 15) is 18.3 Å². The standard InChI is InChI=1S/C19H18Cl2F3NO2/c20-13-6-7-16(15(21)9-13)27-14-3-1-2-12(8-14)18(11-4-5-11)25-10-17(26)19(22,23)24/h1-3,6-9,11,17-18,25-26H,4-5,10H2. The summed E-state index contributed by atoms with van der Waals surface area (Å²) in [6.45, 7) is -0.557. The number of halogens is 5. The molecule has 1 saturated carbocycles. The van der Waals surface area contributed by atoms with E-state index in [1.54, 1.807) is 36.4 Å². The van der Waals surface area contributed by atoms with Crippen molar-refractivity contribution in [1.82, 2.24) is 5.32 Å². The van der Waals surface area contributed by atoms with Gasteiger partial charge in [-0.2, -0.15) is 13.2 Å². The summed E-state index contributed by atoms with van der Waals surface area (Å²) in [6, 6.07) is 11.7. The van der Waals surface area contributed by atoms with E-state index in [0.717, 1.165) is 18.4 Å². The largest absolute Gasteiger partial charge is 0.456 e. The SMILES string of the molecule is OC(CNC(c1cccc(Oc2ccc(Cl)cc2Cl)c1)C1CC1)C(F)(F)F. The first kappa shape index (κ1) is 20.3. The Morgan fingerprint density at radius 2 is 1.89 bits per heavy atom. The normalized spacial score (nSPS) is 16.8. The van der Waals surface area contributed by atoms with Gasteiger partial charge in [-0.15, -0.1) is 0 Å². The lowest BCUT2D eigenvalue weighted by Gasteiger charge is -2.22. The molecule has 2 N–H and O–H groups in total. The van der Waals surface area contributed by atoms with Crippen LogP contribution in [0.4, 0.5) is 13.2 Å². The number of benzene rings is 2. The first-order chi connectivity index (χ1) is 12.7. The van der Waals surface area contributed by atoms with Gasteiger partial charge in [0, 0.05) is 17.6 Å². The summed E-state index contributed by atoms with van der Waals surface area (Å²) in [6.07, 6.45) is -5.19. The van der Waals surface area contributed by atoms with Gasteiger partial charge >= 0.3 is 6.18 Å². The van der Waals surface area contributed by atoms with Gasteiger partial charge in [0.1, 0.15) is 11.5 Å². The highest BCUT2D eigenvalue weighted by Crippen LogP contribution is 2.42. The molecule has 0 heterocycles. The summed E-state index contributed by atoms with van der Waals surface area (Å²) in [5.41, 5.74) is 0.800. The average molecular weight is 420 g/mol. The fourth-order valence-corrected chi connectivity index (χ4v) is 3.24. The van der Waals surface area contributed by atoms with Crippen LogP contribution in [0.3, 0.4) is 0 Å². The highest BCUT2D eigenvalue weighted by Gasteiger charge is 2.40. The topological polar surface area (TPSA) is 41.5 Å². The monoisotopic (exact) mass is 419 g/mol. The van der Waals surface area contributed by atoms with Crippen molar-refractivity contribution in [2.24, 2.45) is 5.92 Å².